The van der Waals surface area contributed by atoms with Gasteiger partial charge in [-0.3, -0.25) is 0 Å². The second-order valence-electron chi connectivity index (χ2n) is 4.82. The van der Waals surface area contributed by atoms with Crippen LogP contribution in [0.1, 0.15) is 27.7 Å². The number of ether oxygens (including phenoxy) is 1. The highest BCUT2D eigenvalue weighted by Gasteiger charge is 2.35. The van der Waals surface area contributed by atoms with Crippen LogP contribution in [0, 0.1) is 25.2 Å². The van der Waals surface area contributed by atoms with E-state index in [1.165, 1.54) is 11.3 Å². The van der Waals surface area contributed by atoms with E-state index in [2.05, 4.69) is 6.07 Å². The highest BCUT2D eigenvalue weighted by molar-refractivity contribution is 7.10. The Morgan fingerprint density at radius 2 is 2.19 bits per heavy atom. The van der Waals surface area contributed by atoms with Crippen LogP contribution in [0.5, 0.6) is 5.75 Å². The number of nitrogens with zero attached hydrogens (tertiary/aromatic N) is 1. The summed E-state index contributed by atoms with van der Waals surface area (Å²) in [6, 6.07) is 5.62. The van der Waals surface area contributed by atoms with E-state index in [-0.39, 0.29) is 11.5 Å². The monoisotopic (exact) mass is 300 g/mol. The van der Waals surface area contributed by atoms with Crippen molar-refractivity contribution in [3.8, 4) is 11.8 Å². The first-order valence-electron chi connectivity index (χ1n) is 6.29. The van der Waals surface area contributed by atoms with Crippen molar-refractivity contribution < 1.29 is 9.15 Å². The van der Waals surface area contributed by atoms with Crippen molar-refractivity contribution in [1.82, 2.24) is 0 Å². The van der Waals surface area contributed by atoms with Crippen LogP contribution in [-0.2, 0) is 0 Å². The average Bonchev–Trinajstić information content (AvgIpc) is 2.82. The lowest BCUT2D eigenvalue weighted by Gasteiger charge is -2.24. The largest absolute Gasteiger partial charge is 0.440 e. The normalized spacial score (nSPS) is 17.1. The Hall–Kier alpha value is -2.52. The van der Waals surface area contributed by atoms with Crippen LogP contribution in [0.15, 0.2) is 38.2 Å². The third kappa shape index (κ3) is 2.03. The molecule has 1 unspecified atom stereocenters. The maximum atomic E-state index is 12.3. The molecule has 2 aromatic heterocycles. The molecule has 3 rings (SSSR count). The summed E-state index contributed by atoms with van der Waals surface area (Å²) < 4.78 is 10.6. The summed E-state index contributed by atoms with van der Waals surface area (Å²) in [6.07, 6.45) is 0. The van der Waals surface area contributed by atoms with Gasteiger partial charge in [0.15, 0.2) is 0 Å². The van der Waals surface area contributed by atoms with Crippen LogP contribution in [0.4, 0.5) is 0 Å². The molecule has 21 heavy (non-hydrogen) atoms. The predicted octanol–water partition coefficient (Wildman–Crippen LogP) is 2.54. The minimum atomic E-state index is -0.532. The van der Waals surface area contributed by atoms with Crippen molar-refractivity contribution in [2.24, 2.45) is 5.73 Å². The number of nitrogens with two attached hydrogens (primary N) is 1. The van der Waals surface area contributed by atoms with Gasteiger partial charge in [0.05, 0.1) is 11.5 Å². The van der Waals surface area contributed by atoms with Gasteiger partial charge in [-0.15, -0.1) is 11.3 Å². The molecule has 2 aromatic rings. The molecule has 0 aromatic carbocycles. The average molecular weight is 300 g/mol. The molecule has 0 bridgehead atoms. The molecule has 0 radical (unpaired) electrons. The van der Waals surface area contributed by atoms with E-state index in [0.717, 1.165) is 10.4 Å². The van der Waals surface area contributed by atoms with Crippen LogP contribution in [0.3, 0.4) is 0 Å². The minimum absolute atomic E-state index is 0.0350. The third-order valence-electron chi connectivity index (χ3n) is 3.42. The standard InChI is InChI=1S/C15H12N2O3S/c1-7-3-4-21-13(7)11-9(6-16)14(17)20-10-5-8(2)19-15(18)12(10)11/h3-5,11H,17H2,1-2H3. The maximum absolute atomic E-state index is 12.3. The molecule has 1 aliphatic rings. The van der Waals surface area contributed by atoms with E-state index < -0.39 is 11.5 Å². The van der Waals surface area contributed by atoms with E-state index in [0.29, 0.717) is 17.1 Å². The second kappa shape index (κ2) is 4.79. The first-order valence-corrected chi connectivity index (χ1v) is 7.17. The fourth-order valence-electron chi connectivity index (χ4n) is 2.46. The van der Waals surface area contributed by atoms with Crippen LogP contribution in [0.25, 0.3) is 0 Å². The lowest BCUT2D eigenvalue weighted by molar-refractivity contribution is 0.372. The molecular formula is C15H12N2O3S. The lowest BCUT2D eigenvalue weighted by Crippen LogP contribution is -2.26. The highest BCUT2D eigenvalue weighted by Crippen LogP contribution is 2.43. The second-order valence-corrected chi connectivity index (χ2v) is 5.76. The van der Waals surface area contributed by atoms with Crippen molar-refractivity contribution in [3.63, 3.8) is 0 Å². The quantitative estimate of drug-likeness (QED) is 0.874. The molecule has 1 atom stereocenters. The van der Waals surface area contributed by atoms with Gasteiger partial charge in [0.1, 0.15) is 23.2 Å². The number of hydrogen-bond donors (Lipinski definition) is 1. The number of fused-ring (bicyclic) bond motifs is 1. The highest BCUT2D eigenvalue weighted by atomic mass is 32.1. The van der Waals surface area contributed by atoms with Gasteiger partial charge in [0.25, 0.3) is 0 Å². The van der Waals surface area contributed by atoms with Gasteiger partial charge >= 0.3 is 5.63 Å². The van der Waals surface area contributed by atoms with Crippen molar-refractivity contribution >= 4 is 11.3 Å². The van der Waals surface area contributed by atoms with E-state index in [4.69, 9.17) is 14.9 Å². The summed E-state index contributed by atoms with van der Waals surface area (Å²) in [5, 5.41) is 11.3. The molecule has 6 heteroatoms. The topological polar surface area (TPSA) is 89.2 Å². The fraction of sp³-hybridized carbons (Fsp3) is 0.200. The van der Waals surface area contributed by atoms with Crippen LogP contribution in [-0.4, -0.2) is 0 Å². The summed E-state index contributed by atoms with van der Waals surface area (Å²) in [4.78, 5) is 13.2. The van der Waals surface area contributed by atoms with Gasteiger partial charge in [-0.1, -0.05) is 0 Å². The van der Waals surface area contributed by atoms with Crippen LogP contribution in [0.2, 0.25) is 0 Å². The molecule has 0 fully saturated rings. The third-order valence-corrected chi connectivity index (χ3v) is 4.50. The SMILES string of the molecule is Cc1cc2c(c(=O)o1)C(c1sccc1C)C(C#N)=C(N)O2. The fourth-order valence-corrected chi connectivity index (χ4v) is 3.50. The molecule has 0 amide bonds. The Bertz CT molecular complexity index is 855. The molecule has 0 saturated heterocycles. The molecule has 106 valence electrons. The van der Waals surface area contributed by atoms with Gasteiger partial charge in [0, 0.05) is 10.9 Å². The zero-order chi connectivity index (χ0) is 15.1. The Morgan fingerprint density at radius 3 is 2.81 bits per heavy atom. The van der Waals surface area contributed by atoms with Gasteiger partial charge in [0.2, 0.25) is 5.88 Å². The molecule has 1 aliphatic heterocycles. The number of rotatable bonds is 1. The summed E-state index contributed by atoms with van der Waals surface area (Å²) >= 11 is 1.48. The van der Waals surface area contributed by atoms with Gasteiger partial charge in [-0.2, -0.15) is 5.26 Å². The molecule has 0 aliphatic carbocycles. The van der Waals surface area contributed by atoms with E-state index in [1.54, 1.807) is 13.0 Å². The first kappa shape index (κ1) is 13.5. The van der Waals surface area contributed by atoms with E-state index in [1.807, 2.05) is 18.4 Å². The summed E-state index contributed by atoms with van der Waals surface area (Å²) in [6.45, 7) is 3.60. The van der Waals surface area contributed by atoms with Crippen molar-refractivity contribution in [2.45, 2.75) is 19.8 Å². The maximum Gasteiger partial charge on any atom is 0.343 e. The van der Waals surface area contributed by atoms with E-state index >= 15 is 0 Å². The number of aryl methyl sites for hydroxylation is 2. The Balaban J connectivity index is 2.34. The smallest absolute Gasteiger partial charge is 0.343 e. The number of allylic oxidation sites excluding steroid dienone is 1. The van der Waals surface area contributed by atoms with Crippen molar-refractivity contribution in [3.05, 3.63) is 61.2 Å². The molecule has 5 nitrogen and oxygen atoms in total. The summed E-state index contributed by atoms with van der Waals surface area (Å²) in [5.41, 5.74) is 6.93. The zero-order valence-corrected chi connectivity index (χ0v) is 12.3. The number of nitriles is 1. The van der Waals surface area contributed by atoms with Crippen LogP contribution < -0.4 is 16.1 Å². The Labute approximate surface area is 124 Å². The van der Waals surface area contributed by atoms with Gasteiger partial charge < -0.3 is 14.9 Å². The van der Waals surface area contributed by atoms with Crippen LogP contribution >= 0.6 is 11.3 Å². The summed E-state index contributed by atoms with van der Waals surface area (Å²) in [7, 11) is 0. The Kier molecular flexibility index (Phi) is 3.07. The van der Waals surface area contributed by atoms with Crippen molar-refractivity contribution in [1.29, 1.82) is 5.26 Å². The van der Waals surface area contributed by atoms with E-state index in [9.17, 15) is 10.1 Å². The molecule has 2 N–H and O–H groups in total. The summed E-state index contributed by atoms with van der Waals surface area (Å²) in [5.74, 6) is 0.301. The number of hydrogen-bond acceptors (Lipinski definition) is 6. The number of thiophene rings is 1. The molecular weight excluding hydrogens is 288 g/mol. The Morgan fingerprint density at radius 1 is 1.43 bits per heavy atom. The van der Waals surface area contributed by atoms with Gasteiger partial charge in [-0.05, 0) is 30.9 Å². The lowest BCUT2D eigenvalue weighted by atomic mass is 9.88. The zero-order valence-electron chi connectivity index (χ0n) is 11.5. The van der Waals surface area contributed by atoms with Crippen molar-refractivity contribution in [2.75, 3.05) is 0 Å². The molecule has 0 spiro atoms. The molecule has 3 heterocycles. The van der Waals surface area contributed by atoms with Gasteiger partial charge in [-0.25, -0.2) is 4.79 Å². The first-order chi connectivity index (χ1) is 10.0. The minimum Gasteiger partial charge on any atom is -0.440 e. The molecule has 0 saturated carbocycles. The predicted molar refractivity (Wildman–Crippen MR) is 78.1 cm³/mol.